The van der Waals surface area contributed by atoms with Gasteiger partial charge in [0.2, 0.25) is 5.91 Å². The topological polar surface area (TPSA) is 96.3 Å². The Morgan fingerprint density at radius 1 is 1.10 bits per heavy atom. The molecule has 1 aromatic heterocycles. The van der Waals surface area contributed by atoms with Crippen LogP contribution in [-0.4, -0.2) is 48.5 Å². The quantitative estimate of drug-likeness (QED) is 0.224. The van der Waals surface area contributed by atoms with E-state index in [1.54, 1.807) is 0 Å². The highest BCUT2D eigenvalue weighted by molar-refractivity contribution is 6.02. The molecule has 1 saturated heterocycles. The molecule has 12 heteroatoms. The Labute approximate surface area is 235 Å². The minimum absolute atomic E-state index is 0.00186. The number of carbonyl (C=O) groups excluding carboxylic acids is 1. The van der Waals surface area contributed by atoms with E-state index in [2.05, 4.69) is 44.2 Å². The number of alkyl halides is 3. The van der Waals surface area contributed by atoms with Gasteiger partial charge in [0.1, 0.15) is 17.7 Å². The fourth-order valence-electron chi connectivity index (χ4n) is 4.40. The summed E-state index contributed by atoms with van der Waals surface area (Å²) in [5, 5.41) is 18.4. The number of benzene rings is 2. The molecule has 1 amide bonds. The Balaban J connectivity index is 1.55. The predicted molar refractivity (Wildman–Crippen MR) is 151 cm³/mol. The Morgan fingerprint density at radius 2 is 1.85 bits per heavy atom. The third kappa shape index (κ3) is 7.32. The molecule has 8 nitrogen and oxygen atoms in total. The standard InChI is InChI=1S/C29H29F4N7O/c1-3-28(41)38-26-14-22(40-11-9-39(4-2)10-12-40)7-8-24(26)37-27-15-25(20(16-34)18-36-27)35-17-19-5-6-21(13-23(19)30)29(31,32)33/h3,5-8,13-15,18H,1,4,9-12,17H2,2H3,(H,38,41)(H2,35,36,37). The van der Waals surface area contributed by atoms with Gasteiger partial charge in [-0.25, -0.2) is 9.37 Å². The van der Waals surface area contributed by atoms with E-state index in [1.165, 1.54) is 18.3 Å². The molecule has 1 aliphatic rings. The van der Waals surface area contributed by atoms with Gasteiger partial charge in [-0.1, -0.05) is 19.6 Å². The number of hydrogen-bond donors (Lipinski definition) is 3. The number of anilines is 5. The number of nitrogens with one attached hydrogen (secondary N) is 3. The van der Waals surface area contributed by atoms with Crippen LogP contribution in [0.15, 0.2) is 61.3 Å². The molecule has 1 aliphatic heterocycles. The van der Waals surface area contributed by atoms with Crippen LogP contribution in [-0.2, 0) is 17.5 Å². The molecule has 0 unspecified atom stereocenters. The average molecular weight is 568 g/mol. The maximum atomic E-state index is 14.3. The molecule has 3 N–H and O–H groups in total. The lowest BCUT2D eigenvalue weighted by molar-refractivity contribution is -0.137. The molecule has 4 rings (SSSR count). The summed E-state index contributed by atoms with van der Waals surface area (Å²) in [7, 11) is 0. The van der Waals surface area contributed by atoms with Crippen LogP contribution >= 0.6 is 0 Å². The van der Waals surface area contributed by atoms with Gasteiger partial charge < -0.3 is 25.8 Å². The summed E-state index contributed by atoms with van der Waals surface area (Å²) < 4.78 is 53.0. The molecule has 214 valence electrons. The summed E-state index contributed by atoms with van der Waals surface area (Å²) in [4.78, 5) is 21.0. The lowest BCUT2D eigenvalue weighted by Gasteiger charge is -2.35. The van der Waals surface area contributed by atoms with Gasteiger partial charge in [0.15, 0.2) is 0 Å². The Kier molecular flexibility index (Phi) is 9.09. The third-order valence-electron chi connectivity index (χ3n) is 6.77. The van der Waals surface area contributed by atoms with Crippen molar-refractivity contribution in [1.29, 1.82) is 5.26 Å². The van der Waals surface area contributed by atoms with E-state index in [4.69, 9.17) is 0 Å². The molecule has 0 bridgehead atoms. The number of rotatable bonds is 9. The number of pyridine rings is 1. The molecule has 0 saturated carbocycles. The van der Waals surface area contributed by atoms with Crippen LogP contribution in [0.4, 0.5) is 46.1 Å². The first-order valence-corrected chi connectivity index (χ1v) is 12.9. The largest absolute Gasteiger partial charge is 0.416 e. The minimum atomic E-state index is -4.65. The van der Waals surface area contributed by atoms with E-state index in [-0.39, 0.29) is 17.7 Å². The first-order chi connectivity index (χ1) is 19.6. The molecular formula is C29H29F4N7O. The number of aromatic nitrogens is 1. The molecule has 0 aliphatic carbocycles. The fourth-order valence-corrected chi connectivity index (χ4v) is 4.40. The lowest BCUT2D eigenvalue weighted by atomic mass is 10.1. The number of carbonyl (C=O) groups is 1. The highest BCUT2D eigenvalue weighted by atomic mass is 19.4. The zero-order valence-corrected chi connectivity index (χ0v) is 22.4. The van der Waals surface area contributed by atoms with Crippen molar-refractivity contribution in [2.75, 3.05) is 53.6 Å². The third-order valence-corrected chi connectivity index (χ3v) is 6.77. The van der Waals surface area contributed by atoms with E-state index in [1.807, 2.05) is 24.3 Å². The molecule has 2 aromatic carbocycles. The van der Waals surface area contributed by atoms with Gasteiger partial charge in [-0.2, -0.15) is 18.4 Å². The van der Waals surface area contributed by atoms with Crippen molar-refractivity contribution in [3.8, 4) is 6.07 Å². The number of piperazine rings is 1. The van der Waals surface area contributed by atoms with Gasteiger partial charge in [-0.05, 0) is 43.0 Å². The highest BCUT2D eigenvalue weighted by Crippen LogP contribution is 2.33. The van der Waals surface area contributed by atoms with Crippen molar-refractivity contribution in [2.45, 2.75) is 19.6 Å². The summed E-state index contributed by atoms with van der Waals surface area (Å²) in [5.74, 6) is -1.09. The van der Waals surface area contributed by atoms with Crippen molar-refractivity contribution >= 4 is 34.5 Å². The summed E-state index contributed by atoms with van der Waals surface area (Å²) in [6.07, 6.45) is -2.17. The molecule has 1 fully saturated rings. The second-order valence-corrected chi connectivity index (χ2v) is 9.35. The molecular weight excluding hydrogens is 538 g/mol. The molecule has 0 radical (unpaired) electrons. The molecule has 0 atom stereocenters. The van der Waals surface area contributed by atoms with Gasteiger partial charge in [0, 0.05) is 56.2 Å². The average Bonchev–Trinajstić information content (AvgIpc) is 2.97. The Bertz CT molecular complexity index is 1460. The maximum absolute atomic E-state index is 14.3. The van der Waals surface area contributed by atoms with Crippen molar-refractivity contribution in [1.82, 2.24) is 9.88 Å². The van der Waals surface area contributed by atoms with Crippen LogP contribution in [0.25, 0.3) is 0 Å². The van der Waals surface area contributed by atoms with Gasteiger partial charge >= 0.3 is 6.18 Å². The van der Waals surface area contributed by atoms with Crippen LogP contribution in [0, 0.1) is 17.1 Å². The smallest absolute Gasteiger partial charge is 0.380 e. The number of likely N-dealkylation sites (N-methyl/N-ethyl adjacent to an activating group) is 1. The van der Waals surface area contributed by atoms with Gasteiger partial charge in [0.25, 0.3) is 0 Å². The number of nitrogens with zero attached hydrogens (tertiary/aromatic N) is 4. The molecule has 0 spiro atoms. The van der Waals surface area contributed by atoms with Crippen molar-refractivity contribution < 1.29 is 22.4 Å². The van der Waals surface area contributed by atoms with Crippen LogP contribution in [0.2, 0.25) is 0 Å². The lowest BCUT2D eigenvalue weighted by Crippen LogP contribution is -2.46. The zero-order valence-electron chi connectivity index (χ0n) is 22.4. The zero-order chi connectivity index (χ0) is 29.6. The van der Waals surface area contributed by atoms with Gasteiger partial charge in [0.05, 0.1) is 28.2 Å². The first-order valence-electron chi connectivity index (χ1n) is 12.9. The SMILES string of the molecule is C=CC(=O)Nc1cc(N2CCN(CC)CC2)ccc1Nc1cc(NCc2ccc(C(F)(F)F)cc2F)c(C#N)cn1. The van der Waals surface area contributed by atoms with E-state index in [0.717, 1.165) is 50.5 Å². The number of hydrogen-bond acceptors (Lipinski definition) is 7. The van der Waals surface area contributed by atoms with Crippen molar-refractivity contribution in [3.63, 3.8) is 0 Å². The van der Waals surface area contributed by atoms with Gasteiger partial charge in [-0.15, -0.1) is 0 Å². The predicted octanol–water partition coefficient (Wildman–Crippen LogP) is 5.73. The van der Waals surface area contributed by atoms with Crippen molar-refractivity contribution in [3.05, 3.63) is 83.8 Å². The number of nitriles is 1. The minimum Gasteiger partial charge on any atom is -0.380 e. The summed E-state index contributed by atoms with van der Waals surface area (Å²) in [6, 6.07) is 11.4. The summed E-state index contributed by atoms with van der Waals surface area (Å²) in [6.45, 7) is 10.0. The van der Waals surface area contributed by atoms with E-state index >= 15 is 0 Å². The van der Waals surface area contributed by atoms with Crippen LogP contribution in [0.1, 0.15) is 23.6 Å². The van der Waals surface area contributed by atoms with Crippen LogP contribution in [0.5, 0.6) is 0 Å². The fraction of sp³-hybridized carbons (Fsp3) is 0.276. The maximum Gasteiger partial charge on any atom is 0.416 e. The van der Waals surface area contributed by atoms with E-state index in [9.17, 15) is 27.6 Å². The van der Waals surface area contributed by atoms with Crippen LogP contribution in [0.3, 0.4) is 0 Å². The Hall–Kier alpha value is -4.63. The summed E-state index contributed by atoms with van der Waals surface area (Å²) >= 11 is 0. The molecule has 3 aromatic rings. The number of amides is 1. The Morgan fingerprint density at radius 3 is 2.49 bits per heavy atom. The second-order valence-electron chi connectivity index (χ2n) is 9.35. The molecule has 2 heterocycles. The normalized spacial score (nSPS) is 13.8. The van der Waals surface area contributed by atoms with Crippen LogP contribution < -0.4 is 20.9 Å². The first kappa shape index (κ1) is 29.4. The molecule has 41 heavy (non-hydrogen) atoms. The monoisotopic (exact) mass is 567 g/mol. The summed E-state index contributed by atoms with van der Waals surface area (Å²) in [5.41, 5.74) is 1.35. The highest BCUT2D eigenvalue weighted by Gasteiger charge is 2.31. The van der Waals surface area contributed by atoms with Gasteiger partial charge in [-0.3, -0.25) is 4.79 Å². The van der Waals surface area contributed by atoms with E-state index in [0.29, 0.717) is 28.9 Å². The second kappa shape index (κ2) is 12.7. The van der Waals surface area contributed by atoms with E-state index < -0.39 is 23.5 Å². The number of halogens is 4. The van der Waals surface area contributed by atoms with Crippen molar-refractivity contribution in [2.24, 2.45) is 0 Å².